The van der Waals surface area contributed by atoms with E-state index in [1.165, 1.54) is 0 Å². The third kappa shape index (κ3) is 4.61. The predicted molar refractivity (Wildman–Crippen MR) is 88.6 cm³/mol. The lowest BCUT2D eigenvalue weighted by atomic mass is 10.2. The molecule has 2 rings (SSSR count). The van der Waals surface area contributed by atoms with Gasteiger partial charge in [-0.1, -0.05) is 24.6 Å². The smallest absolute Gasteiger partial charge is 0.179 e. The van der Waals surface area contributed by atoms with Crippen molar-refractivity contribution < 1.29 is 9.47 Å². The normalized spacial score (nSPS) is 10.5. The predicted octanol–water partition coefficient (Wildman–Crippen LogP) is 3.82. The maximum absolute atomic E-state index is 6.30. The van der Waals surface area contributed by atoms with Crippen molar-refractivity contribution in [2.45, 2.75) is 26.4 Å². The van der Waals surface area contributed by atoms with Crippen LogP contribution in [0.5, 0.6) is 11.5 Å². The average molecular weight is 321 g/mol. The first-order chi connectivity index (χ1) is 10.7. The van der Waals surface area contributed by atoms with Crippen LogP contribution in [0.15, 0.2) is 36.5 Å². The third-order valence-electron chi connectivity index (χ3n) is 3.10. The molecule has 0 aliphatic carbocycles. The van der Waals surface area contributed by atoms with E-state index in [1.54, 1.807) is 13.3 Å². The SMILES string of the molecule is CCCOc1c(Cl)cc(CNCc2ccccn2)cc1OC. The highest BCUT2D eigenvalue weighted by atomic mass is 35.5. The molecule has 1 heterocycles. The summed E-state index contributed by atoms with van der Waals surface area (Å²) in [5, 5.41) is 3.91. The molecule has 0 unspecified atom stereocenters. The summed E-state index contributed by atoms with van der Waals surface area (Å²) in [4.78, 5) is 4.28. The van der Waals surface area contributed by atoms with Crippen molar-refractivity contribution >= 4 is 11.6 Å². The monoisotopic (exact) mass is 320 g/mol. The van der Waals surface area contributed by atoms with Crippen LogP contribution in [-0.4, -0.2) is 18.7 Å². The summed E-state index contributed by atoms with van der Waals surface area (Å²) in [6.45, 7) is 4.05. The van der Waals surface area contributed by atoms with Gasteiger partial charge in [0.25, 0.3) is 0 Å². The Morgan fingerprint density at radius 2 is 2.09 bits per heavy atom. The minimum Gasteiger partial charge on any atom is -0.493 e. The molecule has 0 amide bonds. The highest BCUT2D eigenvalue weighted by molar-refractivity contribution is 6.32. The molecule has 0 fully saturated rings. The molecular formula is C17H21ClN2O2. The molecule has 5 heteroatoms. The van der Waals surface area contributed by atoms with Gasteiger partial charge >= 0.3 is 0 Å². The highest BCUT2D eigenvalue weighted by Crippen LogP contribution is 2.36. The van der Waals surface area contributed by atoms with Crippen molar-refractivity contribution in [3.05, 3.63) is 52.8 Å². The zero-order valence-corrected chi connectivity index (χ0v) is 13.7. The molecule has 0 bridgehead atoms. The molecule has 118 valence electrons. The van der Waals surface area contributed by atoms with Crippen LogP contribution in [-0.2, 0) is 13.1 Å². The third-order valence-corrected chi connectivity index (χ3v) is 3.38. The fraction of sp³-hybridized carbons (Fsp3) is 0.353. The van der Waals surface area contributed by atoms with Crippen LogP contribution in [0.3, 0.4) is 0 Å². The van der Waals surface area contributed by atoms with E-state index in [1.807, 2.05) is 30.3 Å². The van der Waals surface area contributed by atoms with Gasteiger partial charge in [-0.25, -0.2) is 0 Å². The van der Waals surface area contributed by atoms with Crippen LogP contribution in [0.4, 0.5) is 0 Å². The van der Waals surface area contributed by atoms with E-state index in [2.05, 4.69) is 17.2 Å². The van der Waals surface area contributed by atoms with Crippen molar-refractivity contribution in [3.63, 3.8) is 0 Å². The zero-order chi connectivity index (χ0) is 15.8. The minimum atomic E-state index is 0.572. The van der Waals surface area contributed by atoms with Crippen molar-refractivity contribution in [2.75, 3.05) is 13.7 Å². The molecule has 0 saturated carbocycles. The summed E-state index contributed by atoms with van der Waals surface area (Å²) in [6, 6.07) is 9.72. The van der Waals surface area contributed by atoms with E-state index < -0.39 is 0 Å². The van der Waals surface area contributed by atoms with Gasteiger partial charge in [0.05, 0.1) is 24.4 Å². The molecule has 0 aliphatic rings. The van der Waals surface area contributed by atoms with E-state index in [9.17, 15) is 0 Å². The molecule has 4 nitrogen and oxygen atoms in total. The second-order valence-electron chi connectivity index (χ2n) is 4.88. The van der Waals surface area contributed by atoms with Gasteiger partial charge in [0.2, 0.25) is 0 Å². The molecule has 0 spiro atoms. The van der Waals surface area contributed by atoms with E-state index >= 15 is 0 Å². The largest absolute Gasteiger partial charge is 0.493 e. The first kappa shape index (κ1) is 16.6. The van der Waals surface area contributed by atoms with E-state index in [0.29, 0.717) is 36.2 Å². The second-order valence-corrected chi connectivity index (χ2v) is 5.29. The second kappa shape index (κ2) is 8.61. The Balaban J connectivity index is 2.00. The van der Waals surface area contributed by atoms with E-state index in [0.717, 1.165) is 17.7 Å². The Kier molecular flexibility index (Phi) is 6.49. The Bertz CT molecular complexity index is 591. The fourth-order valence-electron chi connectivity index (χ4n) is 2.06. The first-order valence-corrected chi connectivity index (χ1v) is 7.72. The summed E-state index contributed by atoms with van der Waals surface area (Å²) >= 11 is 6.30. The van der Waals surface area contributed by atoms with Gasteiger partial charge in [0.1, 0.15) is 0 Å². The molecule has 1 aromatic heterocycles. The quantitative estimate of drug-likeness (QED) is 0.803. The first-order valence-electron chi connectivity index (χ1n) is 7.34. The number of ether oxygens (including phenoxy) is 2. The van der Waals surface area contributed by atoms with Crippen LogP contribution >= 0.6 is 11.6 Å². The van der Waals surface area contributed by atoms with Gasteiger partial charge < -0.3 is 14.8 Å². The summed E-state index contributed by atoms with van der Waals surface area (Å²) in [7, 11) is 1.62. The summed E-state index contributed by atoms with van der Waals surface area (Å²) in [5.74, 6) is 1.27. The van der Waals surface area contributed by atoms with Crippen LogP contribution in [0.25, 0.3) is 0 Å². The van der Waals surface area contributed by atoms with E-state index in [4.69, 9.17) is 21.1 Å². The molecule has 0 saturated heterocycles. The average Bonchev–Trinajstić information content (AvgIpc) is 2.54. The lowest BCUT2D eigenvalue weighted by Gasteiger charge is -2.14. The molecule has 1 aromatic carbocycles. The number of hydrogen-bond acceptors (Lipinski definition) is 4. The Hall–Kier alpha value is -1.78. The number of nitrogens with zero attached hydrogens (tertiary/aromatic N) is 1. The van der Waals surface area contributed by atoms with Gasteiger partial charge in [-0.15, -0.1) is 0 Å². The van der Waals surface area contributed by atoms with E-state index in [-0.39, 0.29) is 0 Å². The van der Waals surface area contributed by atoms with Gasteiger partial charge in [-0.2, -0.15) is 0 Å². The molecule has 1 N–H and O–H groups in total. The summed E-state index contributed by atoms with van der Waals surface area (Å²) in [5.41, 5.74) is 2.05. The summed E-state index contributed by atoms with van der Waals surface area (Å²) < 4.78 is 11.0. The zero-order valence-electron chi connectivity index (χ0n) is 12.9. The maximum Gasteiger partial charge on any atom is 0.179 e. The Labute approximate surface area is 136 Å². The number of halogens is 1. The number of pyridine rings is 1. The number of nitrogens with one attached hydrogen (secondary N) is 1. The van der Waals surface area contributed by atoms with Crippen molar-refractivity contribution in [3.8, 4) is 11.5 Å². The van der Waals surface area contributed by atoms with Crippen molar-refractivity contribution in [1.29, 1.82) is 0 Å². The molecule has 0 aliphatic heterocycles. The van der Waals surface area contributed by atoms with Gasteiger partial charge in [0.15, 0.2) is 11.5 Å². The number of benzene rings is 1. The minimum absolute atomic E-state index is 0.572. The number of methoxy groups -OCH3 is 1. The van der Waals surface area contributed by atoms with Crippen molar-refractivity contribution in [2.24, 2.45) is 0 Å². The fourth-order valence-corrected chi connectivity index (χ4v) is 2.34. The highest BCUT2D eigenvalue weighted by Gasteiger charge is 2.11. The lowest BCUT2D eigenvalue weighted by molar-refractivity contribution is 0.294. The molecule has 2 aromatic rings. The number of aromatic nitrogens is 1. The Morgan fingerprint density at radius 3 is 2.77 bits per heavy atom. The summed E-state index contributed by atoms with van der Waals surface area (Å²) in [6.07, 6.45) is 2.71. The maximum atomic E-state index is 6.30. The van der Waals surface area contributed by atoms with Crippen molar-refractivity contribution in [1.82, 2.24) is 10.3 Å². The molecule has 0 atom stereocenters. The molecule has 22 heavy (non-hydrogen) atoms. The van der Waals surface area contributed by atoms with Crippen LogP contribution in [0, 0.1) is 0 Å². The topological polar surface area (TPSA) is 43.4 Å². The lowest BCUT2D eigenvalue weighted by Crippen LogP contribution is -2.13. The molecule has 0 radical (unpaired) electrons. The Morgan fingerprint density at radius 1 is 1.23 bits per heavy atom. The van der Waals surface area contributed by atoms with Gasteiger partial charge in [-0.3, -0.25) is 4.98 Å². The van der Waals surface area contributed by atoms with Crippen LogP contribution in [0.2, 0.25) is 5.02 Å². The van der Waals surface area contributed by atoms with Gasteiger partial charge in [0, 0.05) is 19.3 Å². The number of hydrogen-bond donors (Lipinski definition) is 1. The molecular weight excluding hydrogens is 300 g/mol. The van der Waals surface area contributed by atoms with Crippen LogP contribution < -0.4 is 14.8 Å². The number of rotatable bonds is 8. The standard InChI is InChI=1S/C17H21ClN2O2/c1-3-8-22-17-15(18)9-13(10-16(17)21-2)11-19-12-14-6-4-5-7-20-14/h4-7,9-10,19H,3,8,11-12H2,1-2H3. The van der Waals surface area contributed by atoms with Gasteiger partial charge in [-0.05, 0) is 36.2 Å². The van der Waals surface area contributed by atoms with Crippen LogP contribution in [0.1, 0.15) is 24.6 Å².